The van der Waals surface area contributed by atoms with Gasteiger partial charge in [-0.15, -0.1) is 0 Å². The van der Waals surface area contributed by atoms with E-state index in [4.69, 9.17) is 9.84 Å². The molecule has 0 aliphatic carbocycles. The van der Waals surface area contributed by atoms with Gasteiger partial charge in [-0.3, -0.25) is 4.79 Å². The van der Waals surface area contributed by atoms with Crippen molar-refractivity contribution in [3.05, 3.63) is 114 Å². The van der Waals surface area contributed by atoms with E-state index in [0.29, 0.717) is 18.5 Å². The van der Waals surface area contributed by atoms with Crippen molar-refractivity contribution in [2.24, 2.45) is 5.92 Å². The molecule has 3 N–H and O–H groups in total. The van der Waals surface area contributed by atoms with Crippen molar-refractivity contribution >= 4 is 33.4 Å². The minimum Gasteiger partial charge on any atom is -0.462 e. The number of imidazole rings is 1. The Bertz CT molecular complexity index is 1470. The average Bonchev–Trinajstić information content (AvgIpc) is 3.48. The van der Waals surface area contributed by atoms with Crippen molar-refractivity contribution in [2.45, 2.75) is 25.3 Å². The fourth-order valence-corrected chi connectivity index (χ4v) is 5.08. The number of fused-ring (bicyclic) bond motifs is 2. The standard InChI is InChI=1S/C32H31N3O4/c36-15-16-39-32(38)30(19-27-20-33-21-34-27)35-31(37)26(17-24-11-5-9-22-7-1-3-13-28(22)24)18-25-12-6-10-23-8-2-4-14-29(23)25/h1-14,20-21,26,30,36H,15-19H2,(H,33,34)(H,35,37)/t30-/m0/s1. The number of carbonyl (C=O) groups is 2. The minimum absolute atomic E-state index is 0.135. The maximum absolute atomic E-state index is 13.9. The zero-order valence-corrected chi connectivity index (χ0v) is 21.5. The fraction of sp³-hybridized carbons (Fsp3) is 0.219. The number of aromatic amines is 1. The number of aliphatic hydroxyl groups excluding tert-OH is 1. The number of benzene rings is 4. The van der Waals surface area contributed by atoms with E-state index in [9.17, 15) is 9.59 Å². The van der Waals surface area contributed by atoms with Gasteiger partial charge in [0.15, 0.2) is 0 Å². The normalized spacial score (nSPS) is 12.1. The summed E-state index contributed by atoms with van der Waals surface area (Å²) in [5.41, 5.74) is 2.84. The highest BCUT2D eigenvalue weighted by atomic mass is 16.5. The molecule has 1 aromatic heterocycles. The summed E-state index contributed by atoms with van der Waals surface area (Å²) in [6.45, 7) is -0.426. The van der Waals surface area contributed by atoms with E-state index in [-0.39, 0.29) is 25.5 Å². The number of nitrogens with zero attached hydrogens (tertiary/aromatic N) is 1. The number of H-pyrrole nitrogens is 1. The Labute approximate surface area is 226 Å². The predicted molar refractivity (Wildman–Crippen MR) is 151 cm³/mol. The lowest BCUT2D eigenvalue weighted by atomic mass is 9.87. The van der Waals surface area contributed by atoms with Crippen molar-refractivity contribution in [3.63, 3.8) is 0 Å². The summed E-state index contributed by atoms with van der Waals surface area (Å²) < 4.78 is 5.20. The Morgan fingerprint density at radius 3 is 1.97 bits per heavy atom. The maximum atomic E-state index is 13.9. The van der Waals surface area contributed by atoms with Crippen LogP contribution in [-0.4, -0.2) is 46.2 Å². The second-order valence-electron chi connectivity index (χ2n) is 9.61. The molecule has 39 heavy (non-hydrogen) atoms. The van der Waals surface area contributed by atoms with Crippen molar-refractivity contribution in [3.8, 4) is 0 Å². The highest BCUT2D eigenvalue weighted by Gasteiger charge is 2.28. The molecule has 0 spiro atoms. The number of ether oxygens (including phenoxy) is 1. The molecule has 0 fully saturated rings. The van der Waals surface area contributed by atoms with Crippen LogP contribution in [0.25, 0.3) is 21.5 Å². The molecule has 1 heterocycles. The van der Waals surface area contributed by atoms with Crippen LogP contribution in [0, 0.1) is 5.92 Å². The second kappa shape index (κ2) is 12.4. The van der Waals surface area contributed by atoms with Gasteiger partial charge >= 0.3 is 5.97 Å². The quantitative estimate of drug-likeness (QED) is 0.224. The van der Waals surface area contributed by atoms with Crippen LogP contribution in [-0.2, 0) is 33.6 Å². The van der Waals surface area contributed by atoms with E-state index in [1.807, 2.05) is 36.4 Å². The summed E-state index contributed by atoms with van der Waals surface area (Å²) in [4.78, 5) is 33.8. The third kappa shape index (κ3) is 6.33. The average molecular weight is 522 g/mol. The summed E-state index contributed by atoms with van der Waals surface area (Å²) in [6, 6.07) is 27.6. The molecule has 4 aromatic carbocycles. The molecule has 0 aliphatic rings. The lowest BCUT2D eigenvalue weighted by molar-refractivity contribution is -0.149. The van der Waals surface area contributed by atoms with E-state index < -0.39 is 17.9 Å². The zero-order valence-electron chi connectivity index (χ0n) is 21.5. The third-order valence-electron chi connectivity index (χ3n) is 6.98. The van der Waals surface area contributed by atoms with Gasteiger partial charge in [-0.05, 0) is 45.5 Å². The van der Waals surface area contributed by atoms with Gasteiger partial charge in [-0.1, -0.05) is 84.9 Å². The number of nitrogens with one attached hydrogen (secondary N) is 2. The number of hydrogen-bond donors (Lipinski definition) is 3. The van der Waals surface area contributed by atoms with E-state index >= 15 is 0 Å². The molecular formula is C32H31N3O4. The number of amides is 1. The maximum Gasteiger partial charge on any atom is 0.329 e. The molecule has 0 saturated heterocycles. The molecule has 0 unspecified atom stereocenters. The SMILES string of the molecule is O=C(N[C@@H](Cc1cnc[nH]1)C(=O)OCCO)C(Cc1cccc2ccccc12)Cc1cccc2ccccc12. The van der Waals surface area contributed by atoms with Crippen molar-refractivity contribution in [1.29, 1.82) is 0 Å². The number of rotatable bonds is 11. The Hall–Kier alpha value is -4.49. The Morgan fingerprint density at radius 2 is 1.41 bits per heavy atom. The smallest absolute Gasteiger partial charge is 0.329 e. The summed E-state index contributed by atoms with van der Waals surface area (Å²) in [5.74, 6) is -1.28. The van der Waals surface area contributed by atoms with Gasteiger partial charge in [0.1, 0.15) is 12.6 Å². The van der Waals surface area contributed by atoms with Gasteiger partial charge in [-0.25, -0.2) is 9.78 Å². The van der Waals surface area contributed by atoms with E-state index in [0.717, 1.165) is 32.7 Å². The van der Waals surface area contributed by atoms with Crippen LogP contribution in [0.4, 0.5) is 0 Å². The van der Waals surface area contributed by atoms with Crippen molar-refractivity contribution < 1.29 is 19.4 Å². The summed E-state index contributed by atoms with van der Waals surface area (Å²) in [6.07, 6.45) is 4.34. The van der Waals surface area contributed by atoms with Crippen LogP contribution in [0.5, 0.6) is 0 Å². The van der Waals surface area contributed by atoms with Crippen LogP contribution in [0.15, 0.2) is 97.5 Å². The Morgan fingerprint density at radius 1 is 0.821 bits per heavy atom. The molecule has 1 atom stereocenters. The number of hydrogen-bond acceptors (Lipinski definition) is 5. The first-order chi connectivity index (χ1) is 19.1. The lowest BCUT2D eigenvalue weighted by Crippen LogP contribution is -2.46. The molecule has 0 bridgehead atoms. The van der Waals surface area contributed by atoms with Gasteiger partial charge in [0.25, 0.3) is 0 Å². The van der Waals surface area contributed by atoms with Gasteiger partial charge in [0.05, 0.1) is 12.9 Å². The number of esters is 1. The zero-order chi connectivity index (χ0) is 27.0. The number of aliphatic hydroxyl groups is 1. The molecule has 7 nitrogen and oxygen atoms in total. The number of aromatic nitrogens is 2. The third-order valence-corrected chi connectivity index (χ3v) is 6.98. The van der Waals surface area contributed by atoms with Gasteiger partial charge in [-0.2, -0.15) is 0 Å². The second-order valence-corrected chi connectivity index (χ2v) is 9.61. The van der Waals surface area contributed by atoms with Gasteiger partial charge in [0, 0.05) is 24.2 Å². The van der Waals surface area contributed by atoms with E-state index in [2.05, 4.69) is 63.8 Å². The van der Waals surface area contributed by atoms with Gasteiger partial charge < -0.3 is 20.1 Å². The monoisotopic (exact) mass is 521 g/mol. The molecule has 0 radical (unpaired) electrons. The molecule has 198 valence electrons. The van der Waals surface area contributed by atoms with Crippen molar-refractivity contribution in [1.82, 2.24) is 15.3 Å². The van der Waals surface area contributed by atoms with Crippen molar-refractivity contribution in [2.75, 3.05) is 13.2 Å². The topological polar surface area (TPSA) is 104 Å². The molecule has 7 heteroatoms. The van der Waals surface area contributed by atoms with E-state index in [1.165, 1.54) is 6.33 Å². The molecule has 1 amide bonds. The summed E-state index contributed by atoms with van der Waals surface area (Å²) >= 11 is 0. The molecule has 0 aliphatic heterocycles. The predicted octanol–water partition coefficient (Wildman–Crippen LogP) is 4.38. The van der Waals surface area contributed by atoms with Crippen LogP contribution in [0.3, 0.4) is 0 Å². The summed E-state index contributed by atoms with van der Waals surface area (Å²) in [5, 5.41) is 16.5. The number of carbonyl (C=O) groups excluding carboxylic acids is 2. The minimum atomic E-state index is -0.924. The lowest BCUT2D eigenvalue weighted by Gasteiger charge is -2.23. The molecule has 0 saturated carbocycles. The fourth-order valence-electron chi connectivity index (χ4n) is 5.08. The summed E-state index contributed by atoms with van der Waals surface area (Å²) in [7, 11) is 0. The molecule has 5 rings (SSSR count). The largest absolute Gasteiger partial charge is 0.462 e. The van der Waals surface area contributed by atoms with Gasteiger partial charge in [0.2, 0.25) is 5.91 Å². The Balaban J connectivity index is 1.47. The first-order valence-electron chi connectivity index (χ1n) is 13.1. The molecular weight excluding hydrogens is 490 g/mol. The Kier molecular flexibility index (Phi) is 8.29. The van der Waals surface area contributed by atoms with E-state index in [1.54, 1.807) is 6.20 Å². The highest BCUT2D eigenvalue weighted by Crippen LogP contribution is 2.26. The van der Waals surface area contributed by atoms with Crippen LogP contribution < -0.4 is 5.32 Å². The van der Waals surface area contributed by atoms with Crippen LogP contribution in [0.1, 0.15) is 16.8 Å². The van der Waals surface area contributed by atoms with Crippen LogP contribution >= 0.6 is 0 Å². The van der Waals surface area contributed by atoms with Crippen LogP contribution in [0.2, 0.25) is 0 Å². The molecule has 5 aromatic rings. The highest BCUT2D eigenvalue weighted by molar-refractivity contribution is 5.90. The first-order valence-corrected chi connectivity index (χ1v) is 13.1. The first kappa shape index (κ1) is 26.1.